The number of pyridine rings is 1. The molecule has 0 aliphatic carbocycles. The van der Waals surface area contributed by atoms with Crippen molar-refractivity contribution in [2.24, 2.45) is 5.11 Å². The fourth-order valence-corrected chi connectivity index (χ4v) is 1.05. The summed E-state index contributed by atoms with van der Waals surface area (Å²) in [7, 11) is 3.04. The number of hydrogen-bond acceptors (Lipinski definition) is 4. The van der Waals surface area contributed by atoms with E-state index in [0.717, 1.165) is 0 Å². The summed E-state index contributed by atoms with van der Waals surface area (Å²) in [4.78, 5) is 6.56. The van der Waals surface area contributed by atoms with Gasteiger partial charge in [0.2, 0.25) is 0 Å². The van der Waals surface area contributed by atoms with Gasteiger partial charge >= 0.3 is 0 Å². The first-order chi connectivity index (χ1) is 6.81. The number of rotatable bonds is 4. The van der Waals surface area contributed by atoms with Crippen LogP contribution in [0, 0.1) is 0 Å². The molecule has 6 heteroatoms. The van der Waals surface area contributed by atoms with Crippen LogP contribution in [-0.4, -0.2) is 19.2 Å². The highest BCUT2D eigenvalue weighted by atomic mass is 16.7. The predicted octanol–water partition coefficient (Wildman–Crippen LogP) is 2.31. The second-order valence-electron chi connectivity index (χ2n) is 2.47. The average Bonchev–Trinajstić information content (AvgIpc) is 2.21. The van der Waals surface area contributed by atoms with E-state index in [9.17, 15) is 0 Å². The molecule has 1 aromatic heterocycles. The Balaban J connectivity index is 2.97. The molecule has 0 saturated heterocycles. The van der Waals surface area contributed by atoms with Crippen LogP contribution in [0.2, 0.25) is 0 Å². The molecule has 0 saturated carbocycles. The zero-order valence-corrected chi connectivity index (χ0v) is 7.91. The molecule has 0 aliphatic rings. The van der Waals surface area contributed by atoms with Gasteiger partial charge in [0.05, 0.1) is 5.69 Å². The maximum Gasteiger partial charge on any atom is 0.184 e. The highest BCUT2D eigenvalue weighted by molar-refractivity contribution is 5.36. The number of hydrogen-bond donors (Lipinski definition) is 0. The largest absolute Gasteiger partial charge is 0.352 e. The molecular weight excluding hydrogens is 184 g/mol. The van der Waals surface area contributed by atoms with Gasteiger partial charge in [0.1, 0.15) is 0 Å². The molecule has 0 spiro atoms. The minimum absolute atomic E-state index is 0.434. The highest BCUT2D eigenvalue weighted by Crippen LogP contribution is 2.20. The van der Waals surface area contributed by atoms with E-state index in [1.807, 2.05) is 0 Å². The summed E-state index contributed by atoms with van der Waals surface area (Å²) in [6.45, 7) is 0. The van der Waals surface area contributed by atoms with Crippen LogP contribution in [0.4, 0.5) is 5.69 Å². The Hall–Kier alpha value is -1.62. The molecule has 0 amide bonds. The SMILES string of the molecule is COC(OC)c1cncc(N=[N+]=[N-])c1. The van der Waals surface area contributed by atoms with E-state index in [1.165, 1.54) is 20.4 Å². The van der Waals surface area contributed by atoms with E-state index >= 15 is 0 Å². The van der Waals surface area contributed by atoms with E-state index < -0.39 is 6.29 Å². The van der Waals surface area contributed by atoms with Gasteiger partial charge in [-0.1, -0.05) is 5.11 Å². The molecule has 6 nitrogen and oxygen atoms in total. The fourth-order valence-electron chi connectivity index (χ4n) is 1.05. The number of aromatic nitrogens is 1. The van der Waals surface area contributed by atoms with Crippen LogP contribution in [-0.2, 0) is 9.47 Å². The number of nitrogens with zero attached hydrogens (tertiary/aromatic N) is 4. The van der Waals surface area contributed by atoms with Gasteiger partial charge in [0, 0.05) is 37.1 Å². The van der Waals surface area contributed by atoms with Gasteiger partial charge in [-0.25, -0.2) is 0 Å². The van der Waals surface area contributed by atoms with Crippen molar-refractivity contribution in [1.82, 2.24) is 4.98 Å². The summed E-state index contributed by atoms with van der Waals surface area (Å²) in [6, 6.07) is 1.66. The van der Waals surface area contributed by atoms with E-state index in [4.69, 9.17) is 15.0 Å². The van der Waals surface area contributed by atoms with Gasteiger partial charge in [0.25, 0.3) is 0 Å². The fraction of sp³-hybridized carbons (Fsp3) is 0.375. The summed E-state index contributed by atoms with van der Waals surface area (Å²) in [5, 5.41) is 3.43. The Kier molecular flexibility index (Phi) is 3.87. The predicted molar refractivity (Wildman–Crippen MR) is 49.8 cm³/mol. The van der Waals surface area contributed by atoms with Crippen molar-refractivity contribution in [2.75, 3.05) is 14.2 Å². The van der Waals surface area contributed by atoms with E-state index in [2.05, 4.69) is 15.0 Å². The van der Waals surface area contributed by atoms with Gasteiger partial charge in [-0.05, 0) is 11.6 Å². The summed E-state index contributed by atoms with van der Waals surface area (Å²) >= 11 is 0. The number of ether oxygens (including phenoxy) is 2. The molecule has 0 atom stereocenters. The van der Waals surface area contributed by atoms with Crippen LogP contribution >= 0.6 is 0 Å². The van der Waals surface area contributed by atoms with E-state index in [1.54, 1.807) is 12.3 Å². The topological polar surface area (TPSA) is 80.1 Å². The second-order valence-corrected chi connectivity index (χ2v) is 2.47. The Morgan fingerprint density at radius 2 is 2.14 bits per heavy atom. The maximum atomic E-state index is 8.23. The van der Waals surface area contributed by atoms with Gasteiger partial charge in [-0.2, -0.15) is 0 Å². The minimum Gasteiger partial charge on any atom is -0.352 e. The summed E-state index contributed by atoms with van der Waals surface area (Å²) < 4.78 is 10.0. The quantitative estimate of drug-likeness (QED) is 0.319. The molecule has 1 aromatic rings. The van der Waals surface area contributed by atoms with Crippen molar-refractivity contribution in [3.8, 4) is 0 Å². The first-order valence-corrected chi connectivity index (χ1v) is 3.87. The molecule has 14 heavy (non-hydrogen) atoms. The lowest BCUT2D eigenvalue weighted by Crippen LogP contribution is -2.03. The molecule has 0 aliphatic heterocycles. The molecule has 1 rings (SSSR count). The van der Waals surface area contributed by atoms with Crippen LogP contribution in [0.5, 0.6) is 0 Å². The monoisotopic (exact) mass is 194 g/mol. The Bertz CT molecular complexity index is 345. The van der Waals surface area contributed by atoms with Gasteiger partial charge in [0.15, 0.2) is 6.29 Å². The van der Waals surface area contributed by atoms with Crippen molar-refractivity contribution < 1.29 is 9.47 Å². The second kappa shape index (κ2) is 5.18. The Morgan fingerprint density at radius 1 is 1.43 bits per heavy atom. The van der Waals surface area contributed by atoms with Gasteiger partial charge < -0.3 is 9.47 Å². The number of azide groups is 1. The van der Waals surface area contributed by atoms with Crippen LogP contribution in [0.15, 0.2) is 23.6 Å². The summed E-state index contributed by atoms with van der Waals surface area (Å²) in [5.41, 5.74) is 9.37. The standard InChI is InChI=1S/C8H10N4O2/c1-13-8(14-2)6-3-7(11-12-9)5-10-4-6/h3-5,8H,1-2H3. The molecule has 0 unspecified atom stereocenters. The summed E-state index contributed by atoms with van der Waals surface area (Å²) in [6.07, 6.45) is 2.57. The molecule has 0 bridgehead atoms. The van der Waals surface area contributed by atoms with Crippen LogP contribution in [0.25, 0.3) is 10.4 Å². The van der Waals surface area contributed by atoms with Gasteiger partial charge in [-0.3, -0.25) is 4.98 Å². The Morgan fingerprint density at radius 3 is 2.71 bits per heavy atom. The van der Waals surface area contributed by atoms with E-state index in [0.29, 0.717) is 11.3 Å². The molecule has 74 valence electrons. The van der Waals surface area contributed by atoms with Crippen LogP contribution in [0.3, 0.4) is 0 Å². The number of methoxy groups -OCH3 is 2. The first kappa shape index (κ1) is 10.5. The third kappa shape index (κ3) is 2.43. The molecular formula is C8H10N4O2. The molecule has 0 radical (unpaired) electrons. The zero-order valence-electron chi connectivity index (χ0n) is 7.91. The van der Waals surface area contributed by atoms with Crippen LogP contribution in [0.1, 0.15) is 11.9 Å². The van der Waals surface area contributed by atoms with Crippen molar-refractivity contribution in [3.63, 3.8) is 0 Å². The average molecular weight is 194 g/mol. The van der Waals surface area contributed by atoms with Crippen molar-refractivity contribution in [2.45, 2.75) is 6.29 Å². The van der Waals surface area contributed by atoms with Crippen molar-refractivity contribution >= 4 is 5.69 Å². The lowest BCUT2D eigenvalue weighted by atomic mass is 10.2. The summed E-state index contributed by atoms with van der Waals surface area (Å²) in [5.74, 6) is 0. The van der Waals surface area contributed by atoms with Crippen LogP contribution < -0.4 is 0 Å². The maximum absolute atomic E-state index is 8.23. The highest BCUT2D eigenvalue weighted by Gasteiger charge is 2.08. The van der Waals surface area contributed by atoms with E-state index in [-0.39, 0.29) is 0 Å². The molecule has 1 heterocycles. The lowest BCUT2D eigenvalue weighted by molar-refractivity contribution is -0.106. The first-order valence-electron chi connectivity index (χ1n) is 3.87. The third-order valence-corrected chi connectivity index (χ3v) is 1.61. The lowest BCUT2D eigenvalue weighted by Gasteiger charge is -2.12. The third-order valence-electron chi connectivity index (χ3n) is 1.61. The van der Waals surface area contributed by atoms with Crippen molar-refractivity contribution in [3.05, 3.63) is 34.5 Å². The van der Waals surface area contributed by atoms with Gasteiger partial charge in [-0.15, -0.1) is 0 Å². The molecule has 0 N–H and O–H groups in total. The Labute approximate surface area is 81.1 Å². The zero-order chi connectivity index (χ0) is 10.4. The minimum atomic E-state index is -0.489. The van der Waals surface area contributed by atoms with Crippen molar-refractivity contribution in [1.29, 1.82) is 0 Å². The molecule has 0 fully saturated rings. The normalized spacial score (nSPS) is 9.93. The molecule has 0 aromatic carbocycles. The smallest absolute Gasteiger partial charge is 0.184 e.